The van der Waals surface area contributed by atoms with E-state index in [1.165, 1.54) is 12.1 Å². The van der Waals surface area contributed by atoms with Crippen LogP contribution in [0.4, 0.5) is 8.78 Å². The molecule has 1 aliphatic rings. The lowest BCUT2D eigenvalue weighted by atomic mass is 10.1. The van der Waals surface area contributed by atoms with Gasteiger partial charge in [-0.2, -0.15) is 0 Å². The number of unbranched alkanes of at least 4 members (excludes halogenated alkanes) is 3. The number of hydrogen-bond donors (Lipinski definition) is 2. The van der Waals surface area contributed by atoms with Gasteiger partial charge in [0.15, 0.2) is 0 Å². The fourth-order valence-corrected chi connectivity index (χ4v) is 3.80. The first kappa shape index (κ1) is 22.4. The minimum atomic E-state index is -0.826. The van der Waals surface area contributed by atoms with Crippen LogP contribution in [-0.4, -0.2) is 44.8 Å². The van der Waals surface area contributed by atoms with E-state index in [0.717, 1.165) is 49.7 Å². The Kier molecular flexibility index (Phi) is 8.99. The Bertz CT molecular complexity index is 691. The van der Waals surface area contributed by atoms with E-state index in [4.69, 9.17) is 17.3 Å². The van der Waals surface area contributed by atoms with E-state index in [0.29, 0.717) is 12.0 Å². The van der Waals surface area contributed by atoms with Crippen molar-refractivity contribution in [3.05, 3.63) is 47.5 Å². The van der Waals surface area contributed by atoms with Crippen molar-refractivity contribution < 1.29 is 23.8 Å². The molecule has 0 aliphatic carbocycles. The maximum Gasteiger partial charge on any atom is 0.303 e. The highest BCUT2D eigenvalue weighted by Gasteiger charge is 2.25. The lowest BCUT2D eigenvalue weighted by molar-refractivity contribution is -0.137. The average molecular weight is 412 g/mol. The first-order chi connectivity index (χ1) is 13.3. The summed E-state index contributed by atoms with van der Waals surface area (Å²) in [5.74, 6) is -2.06. The third-order valence-corrected chi connectivity index (χ3v) is 5.28. The van der Waals surface area contributed by atoms with Gasteiger partial charge in [0, 0.05) is 37.9 Å². The molecule has 1 aromatic rings. The topological polar surface area (TPSA) is 60.8 Å². The Morgan fingerprint density at radius 1 is 1.21 bits per heavy atom. The van der Waals surface area contributed by atoms with Crippen LogP contribution in [0.3, 0.4) is 0 Å². The number of carbonyl (C=O) groups is 1. The Hall–Kier alpha value is -1.86. The number of nitrogens with zero attached hydrogens (tertiary/aromatic N) is 1. The standard InChI is InChI=1S/C21H27F2NO3S/c22-16-11-15(12-17(23)14-16)13-19(25)8-6-18-7-9-20(28)24(18)10-4-2-1-3-5-21(26)27/h6,8,11-12,14,18-19,25H,1-5,7,9-10,13H2,(H,26,27). The third-order valence-electron chi connectivity index (χ3n) is 4.84. The van der Waals surface area contributed by atoms with Gasteiger partial charge in [0.05, 0.1) is 11.1 Å². The number of halogens is 2. The van der Waals surface area contributed by atoms with Gasteiger partial charge in [-0.15, -0.1) is 0 Å². The van der Waals surface area contributed by atoms with Crippen LogP contribution >= 0.6 is 12.2 Å². The second-order valence-electron chi connectivity index (χ2n) is 7.19. The van der Waals surface area contributed by atoms with Crippen molar-refractivity contribution in [3.8, 4) is 0 Å². The number of carboxylic acid groups (broad SMARTS) is 1. The van der Waals surface area contributed by atoms with Crippen molar-refractivity contribution in [1.82, 2.24) is 4.90 Å². The number of hydrogen-bond acceptors (Lipinski definition) is 3. The highest BCUT2D eigenvalue weighted by Crippen LogP contribution is 2.22. The van der Waals surface area contributed by atoms with Crippen molar-refractivity contribution in [3.63, 3.8) is 0 Å². The summed E-state index contributed by atoms with van der Waals surface area (Å²) in [5, 5.41) is 18.8. The van der Waals surface area contributed by atoms with Crippen LogP contribution in [0, 0.1) is 11.6 Å². The average Bonchev–Trinajstić information content (AvgIpc) is 2.95. The van der Waals surface area contributed by atoms with E-state index >= 15 is 0 Å². The van der Waals surface area contributed by atoms with Gasteiger partial charge in [-0.25, -0.2) is 8.78 Å². The number of aliphatic hydroxyl groups excluding tert-OH is 1. The third kappa shape index (κ3) is 7.64. The number of carboxylic acids is 1. The predicted octanol–water partition coefficient (Wildman–Crippen LogP) is 4.25. The summed E-state index contributed by atoms with van der Waals surface area (Å²) >= 11 is 5.43. The summed E-state index contributed by atoms with van der Waals surface area (Å²) in [6.45, 7) is 0.812. The number of aliphatic carboxylic acids is 1. The molecule has 28 heavy (non-hydrogen) atoms. The van der Waals surface area contributed by atoms with E-state index in [1.54, 1.807) is 6.08 Å². The number of thiocarbonyl (C=S) groups is 1. The molecule has 0 spiro atoms. The fourth-order valence-electron chi connectivity index (χ4n) is 3.45. The smallest absolute Gasteiger partial charge is 0.303 e. The Labute approximate surface area is 169 Å². The van der Waals surface area contributed by atoms with Gasteiger partial charge in [0.1, 0.15) is 11.6 Å². The lowest BCUT2D eigenvalue weighted by Gasteiger charge is -2.24. The monoisotopic (exact) mass is 411 g/mol. The molecule has 0 bridgehead atoms. The largest absolute Gasteiger partial charge is 0.481 e. The molecule has 1 aliphatic heterocycles. The first-order valence-electron chi connectivity index (χ1n) is 9.68. The molecule has 154 valence electrons. The summed E-state index contributed by atoms with van der Waals surface area (Å²) in [7, 11) is 0. The molecular weight excluding hydrogens is 384 g/mol. The zero-order chi connectivity index (χ0) is 20.5. The molecular formula is C21H27F2NO3S. The molecule has 0 amide bonds. The Morgan fingerprint density at radius 2 is 1.89 bits per heavy atom. The van der Waals surface area contributed by atoms with Crippen LogP contribution in [0.1, 0.15) is 50.5 Å². The summed E-state index contributed by atoms with van der Waals surface area (Å²) in [4.78, 5) is 13.6. The van der Waals surface area contributed by atoms with E-state index in [-0.39, 0.29) is 18.9 Å². The van der Waals surface area contributed by atoms with Crippen molar-refractivity contribution >= 4 is 23.2 Å². The molecule has 4 nitrogen and oxygen atoms in total. The minimum Gasteiger partial charge on any atom is -0.481 e. The van der Waals surface area contributed by atoms with Crippen LogP contribution in [0.25, 0.3) is 0 Å². The van der Waals surface area contributed by atoms with Gasteiger partial charge in [0.25, 0.3) is 0 Å². The lowest BCUT2D eigenvalue weighted by Crippen LogP contribution is -2.32. The Balaban J connectivity index is 1.80. The molecule has 1 heterocycles. The molecule has 0 aromatic heterocycles. The fraction of sp³-hybridized carbons (Fsp3) is 0.524. The van der Waals surface area contributed by atoms with E-state index in [2.05, 4.69) is 4.90 Å². The number of rotatable bonds is 11. The van der Waals surface area contributed by atoms with Gasteiger partial charge >= 0.3 is 5.97 Å². The molecule has 2 unspecified atom stereocenters. The van der Waals surface area contributed by atoms with Crippen molar-refractivity contribution in [2.24, 2.45) is 0 Å². The maximum absolute atomic E-state index is 13.2. The molecule has 2 rings (SSSR count). The van der Waals surface area contributed by atoms with Crippen LogP contribution in [0.2, 0.25) is 0 Å². The van der Waals surface area contributed by atoms with E-state index in [9.17, 15) is 18.7 Å². The van der Waals surface area contributed by atoms with Crippen LogP contribution in [-0.2, 0) is 11.2 Å². The maximum atomic E-state index is 13.2. The van der Waals surface area contributed by atoms with E-state index < -0.39 is 23.7 Å². The molecule has 1 saturated heterocycles. The summed E-state index contributed by atoms with van der Waals surface area (Å²) in [6, 6.07) is 3.37. The van der Waals surface area contributed by atoms with Crippen LogP contribution in [0.15, 0.2) is 30.4 Å². The zero-order valence-corrected chi connectivity index (χ0v) is 16.6. The van der Waals surface area contributed by atoms with Gasteiger partial charge < -0.3 is 15.1 Å². The molecule has 1 aromatic carbocycles. The SMILES string of the molecule is O=C(O)CCCCCCN1C(=S)CCC1C=CC(O)Cc1cc(F)cc(F)c1. The quantitative estimate of drug-likeness (QED) is 0.324. The summed E-state index contributed by atoms with van der Waals surface area (Å²) in [5.41, 5.74) is 0.412. The van der Waals surface area contributed by atoms with Gasteiger partial charge in [-0.3, -0.25) is 4.79 Å². The van der Waals surface area contributed by atoms with E-state index in [1.807, 2.05) is 6.08 Å². The molecule has 2 N–H and O–H groups in total. The minimum absolute atomic E-state index is 0.116. The Morgan fingerprint density at radius 3 is 2.57 bits per heavy atom. The number of benzene rings is 1. The molecule has 0 radical (unpaired) electrons. The van der Waals surface area contributed by atoms with Gasteiger partial charge in [-0.05, 0) is 37.0 Å². The highest BCUT2D eigenvalue weighted by atomic mass is 32.1. The van der Waals surface area contributed by atoms with Crippen LogP contribution in [0.5, 0.6) is 0 Å². The van der Waals surface area contributed by atoms with Crippen molar-refractivity contribution in [2.45, 2.75) is 63.5 Å². The molecule has 7 heteroatoms. The van der Waals surface area contributed by atoms with Gasteiger partial charge in [-0.1, -0.05) is 37.2 Å². The van der Waals surface area contributed by atoms with Crippen LogP contribution < -0.4 is 0 Å². The zero-order valence-electron chi connectivity index (χ0n) is 15.8. The second kappa shape index (κ2) is 11.2. The number of likely N-dealkylation sites (tertiary alicyclic amines) is 1. The highest BCUT2D eigenvalue weighted by molar-refractivity contribution is 7.80. The molecule has 0 saturated carbocycles. The summed E-state index contributed by atoms with van der Waals surface area (Å²) < 4.78 is 26.5. The molecule has 2 atom stereocenters. The first-order valence-corrected chi connectivity index (χ1v) is 10.1. The van der Waals surface area contributed by atoms with Crippen molar-refractivity contribution in [2.75, 3.05) is 6.54 Å². The summed E-state index contributed by atoms with van der Waals surface area (Å²) in [6.07, 6.45) is 8.30. The number of aliphatic hydroxyl groups is 1. The van der Waals surface area contributed by atoms with Crippen molar-refractivity contribution in [1.29, 1.82) is 0 Å². The predicted molar refractivity (Wildman–Crippen MR) is 108 cm³/mol. The van der Waals surface area contributed by atoms with Gasteiger partial charge in [0.2, 0.25) is 0 Å². The second-order valence-corrected chi connectivity index (χ2v) is 7.66. The normalized spacial score (nSPS) is 18.2. The molecule has 1 fully saturated rings.